The van der Waals surface area contributed by atoms with Gasteiger partial charge < -0.3 is 4.90 Å². The molecule has 122 valence electrons. The van der Waals surface area contributed by atoms with E-state index in [-0.39, 0.29) is 5.91 Å². The topological polar surface area (TPSA) is 33.2 Å². The second-order valence-electron chi connectivity index (χ2n) is 5.13. The monoisotopic (exact) mass is 354 g/mol. The molecule has 0 spiro atoms. The summed E-state index contributed by atoms with van der Waals surface area (Å²) >= 11 is 3.08. The first-order chi connectivity index (χ1) is 11.8. The molecule has 3 aromatic rings. The fourth-order valence-corrected chi connectivity index (χ4v) is 4.09. The van der Waals surface area contributed by atoms with E-state index < -0.39 is 0 Å². The number of rotatable bonds is 6. The van der Waals surface area contributed by atoms with Gasteiger partial charge in [-0.2, -0.15) is 0 Å². The fraction of sp³-hybridized carbons (Fsp3) is 0.158. The van der Waals surface area contributed by atoms with Crippen LogP contribution in [0.1, 0.15) is 6.92 Å². The van der Waals surface area contributed by atoms with Gasteiger partial charge in [0.1, 0.15) is 0 Å². The summed E-state index contributed by atoms with van der Waals surface area (Å²) in [4.78, 5) is 18.9. The molecule has 5 heteroatoms. The van der Waals surface area contributed by atoms with Crippen LogP contribution in [0.2, 0.25) is 0 Å². The van der Waals surface area contributed by atoms with Crippen molar-refractivity contribution in [2.75, 3.05) is 17.2 Å². The maximum atomic E-state index is 12.5. The van der Waals surface area contributed by atoms with E-state index in [0.29, 0.717) is 12.3 Å². The number of hydrogen-bond acceptors (Lipinski definition) is 4. The number of para-hydroxylation sites is 1. The number of benzene rings is 2. The highest BCUT2D eigenvalue weighted by molar-refractivity contribution is 8.01. The number of anilines is 1. The standard InChI is InChI=1S/C19H18N2OS2/c1-2-21(16-11-7-4-8-12-16)18(22)14-24-19-20-17(13-23-19)15-9-5-3-6-10-15/h3-13H,2,14H2,1H3. The Bertz CT molecular complexity index is 787. The molecule has 0 fully saturated rings. The van der Waals surface area contributed by atoms with Crippen molar-refractivity contribution >= 4 is 34.7 Å². The summed E-state index contributed by atoms with van der Waals surface area (Å²) in [7, 11) is 0. The van der Waals surface area contributed by atoms with Crippen LogP contribution in [-0.4, -0.2) is 23.2 Å². The van der Waals surface area contributed by atoms with E-state index in [1.54, 1.807) is 16.2 Å². The zero-order valence-corrected chi connectivity index (χ0v) is 15.0. The first kappa shape index (κ1) is 16.7. The van der Waals surface area contributed by atoms with E-state index in [0.717, 1.165) is 21.3 Å². The quantitative estimate of drug-likeness (QED) is 0.587. The van der Waals surface area contributed by atoms with Crippen LogP contribution in [0.4, 0.5) is 5.69 Å². The maximum absolute atomic E-state index is 12.5. The summed E-state index contributed by atoms with van der Waals surface area (Å²) in [6, 6.07) is 19.9. The smallest absolute Gasteiger partial charge is 0.237 e. The number of amides is 1. The van der Waals surface area contributed by atoms with Gasteiger partial charge >= 0.3 is 0 Å². The van der Waals surface area contributed by atoms with Crippen molar-refractivity contribution in [3.63, 3.8) is 0 Å². The fourth-order valence-electron chi connectivity index (χ4n) is 2.38. The van der Waals surface area contributed by atoms with Crippen molar-refractivity contribution < 1.29 is 4.79 Å². The maximum Gasteiger partial charge on any atom is 0.237 e. The Hall–Kier alpha value is -2.11. The number of nitrogens with zero attached hydrogens (tertiary/aromatic N) is 2. The van der Waals surface area contributed by atoms with E-state index in [1.807, 2.05) is 73.0 Å². The number of carbonyl (C=O) groups excluding carboxylic acids is 1. The molecule has 0 atom stereocenters. The third-order valence-corrected chi connectivity index (χ3v) is 5.56. The zero-order valence-electron chi connectivity index (χ0n) is 13.4. The lowest BCUT2D eigenvalue weighted by Crippen LogP contribution is -2.32. The average Bonchev–Trinajstić information content (AvgIpc) is 3.11. The second-order valence-corrected chi connectivity index (χ2v) is 7.21. The Morgan fingerprint density at radius 1 is 1.08 bits per heavy atom. The summed E-state index contributed by atoms with van der Waals surface area (Å²) in [6.45, 7) is 2.66. The van der Waals surface area contributed by atoms with Crippen molar-refractivity contribution in [2.45, 2.75) is 11.3 Å². The van der Waals surface area contributed by atoms with Gasteiger partial charge in [0.15, 0.2) is 4.34 Å². The SMILES string of the molecule is CCN(C(=O)CSc1nc(-c2ccccc2)cs1)c1ccccc1. The molecule has 1 aromatic heterocycles. The molecule has 0 aliphatic carbocycles. The van der Waals surface area contributed by atoms with Crippen LogP contribution in [0.15, 0.2) is 70.4 Å². The Labute approximate surface area is 150 Å². The van der Waals surface area contributed by atoms with Crippen LogP contribution < -0.4 is 4.90 Å². The van der Waals surface area contributed by atoms with E-state index in [4.69, 9.17) is 0 Å². The molecule has 3 rings (SSSR count). The molecule has 3 nitrogen and oxygen atoms in total. The molecular weight excluding hydrogens is 336 g/mol. The number of thiazole rings is 1. The van der Waals surface area contributed by atoms with Gasteiger partial charge in [-0.25, -0.2) is 4.98 Å². The molecule has 0 saturated carbocycles. The minimum absolute atomic E-state index is 0.102. The molecule has 0 aliphatic heterocycles. The normalized spacial score (nSPS) is 10.5. The van der Waals surface area contributed by atoms with Gasteiger partial charge in [0, 0.05) is 23.2 Å². The summed E-state index contributed by atoms with van der Waals surface area (Å²) < 4.78 is 0.923. The van der Waals surface area contributed by atoms with Crippen LogP contribution in [0.25, 0.3) is 11.3 Å². The minimum atomic E-state index is 0.102. The lowest BCUT2D eigenvalue weighted by Gasteiger charge is -2.20. The van der Waals surface area contributed by atoms with Gasteiger partial charge in [0.05, 0.1) is 11.4 Å². The number of thioether (sulfide) groups is 1. The van der Waals surface area contributed by atoms with Crippen molar-refractivity contribution in [3.05, 3.63) is 66.0 Å². The van der Waals surface area contributed by atoms with Crippen LogP contribution in [-0.2, 0) is 4.79 Å². The van der Waals surface area contributed by atoms with E-state index in [2.05, 4.69) is 4.98 Å². The van der Waals surface area contributed by atoms with Gasteiger partial charge in [-0.1, -0.05) is 60.3 Å². The molecular formula is C19H18N2OS2. The van der Waals surface area contributed by atoms with Gasteiger partial charge in [-0.05, 0) is 19.1 Å². The van der Waals surface area contributed by atoms with E-state index in [9.17, 15) is 4.79 Å². The average molecular weight is 355 g/mol. The summed E-state index contributed by atoms with van der Waals surface area (Å²) in [5.74, 6) is 0.495. The van der Waals surface area contributed by atoms with Gasteiger partial charge in [-0.15, -0.1) is 11.3 Å². The molecule has 0 N–H and O–H groups in total. The minimum Gasteiger partial charge on any atom is -0.312 e. The first-order valence-corrected chi connectivity index (χ1v) is 9.63. The highest BCUT2D eigenvalue weighted by Crippen LogP contribution is 2.28. The molecule has 2 aromatic carbocycles. The van der Waals surface area contributed by atoms with Crippen molar-refractivity contribution in [2.24, 2.45) is 0 Å². The Balaban J connectivity index is 1.63. The van der Waals surface area contributed by atoms with Crippen LogP contribution >= 0.6 is 23.1 Å². The molecule has 0 saturated heterocycles. The van der Waals surface area contributed by atoms with E-state index >= 15 is 0 Å². The molecule has 0 bridgehead atoms. The molecule has 0 aliphatic rings. The lowest BCUT2D eigenvalue weighted by atomic mass is 10.2. The van der Waals surface area contributed by atoms with Gasteiger partial charge in [-0.3, -0.25) is 4.79 Å². The van der Waals surface area contributed by atoms with Gasteiger partial charge in [0.2, 0.25) is 5.91 Å². The molecule has 0 radical (unpaired) electrons. The van der Waals surface area contributed by atoms with E-state index in [1.165, 1.54) is 11.8 Å². The van der Waals surface area contributed by atoms with Crippen LogP contribution in [0, 0.1) is 0 Å². The number of carbonyl (C=O) groups is 1. The highest BCUT2D eigenvalue weighted by atomic mass is 32.2. The molecule has 1 heterocycles. The third-order valence-electron chi connectivity index (χ3n) is 3.56. The molecule has 1 amide bonds. The predicted octanol–water partition coefficient (Wildman–Crippen LogP) is 4.96. The Kier molecular flexibility index (Phi) is 5.67. The van der Waals surface area contributed by atoms with Gasteiger partial charge in [0.25, 0.3) is 0 Å². The Morgan fingerprint density at radius 2 is 1.75 bits per heavy atom. The van der Waals surface area contributed by atoms with Crippen molar-refractivity contribution in [1.82, 2.24) is 4.98 Å². The molecule has 24 heavy (non-hydrogen) atoms. The summed E-state index contributed by atoms with van der Waals surface area (Å²) in [5, 5.41) is 2.04. The summed E-state index contributed by atoms with van der Waals surface area (Å²) in [5.41, 5.74) is 3.01. The number of hydrogen-bond donors (Lipinski definition) is 0. The highest BCUT2D eigenvalue weighted by Gasteiger charge is 2.15. The third kappa shape index (κ3) is 4.04. The first-order valence-electron chi connectivity index (χ1n) is 7.77. The van der Waals surface area contributed by atoms with Crippen molar-refractivity contribution in [3.8, 4) is 11.3 Å². The second kappa shape index (κ2) is 8.13. The van der Waals surface area contributed by atoms with Crippen LogP contribution in [0.5, 0.6) is 0 Å². The predicted molar refractivity (Wildman–Crippen MR) is 103 cm³/mol. The summed E-state index contributed by atoms with van der Waals surface area (Å²) in [6.07, 6.45) is 0. The molecule has 0 unspecified atom stereocenters. The van der Waals surface area contributed by atoms with Crippen LogP contribution in [0.3, 0.4) is 0 Å². The van der Waals surface area contributed by atoms with Crippen molar-refractivity contribution in [1.29, 1.82) is 0 Å². The zero-order chi connectivity index (χ0) is 16.8. The largest absolute Gasteiger partial charge is 0.312 e. The lowest BCUT2D eigenvalue weighted by molar-refractivity contribution is -0.116. The Morgan fingerprint density at radius 3 is 2.42 bits per heavy atom. The number of aromatic nitrogens is 1.